The Balaban J connectivity index is 1.71. The highest BCUT2D eigenvalue weighted by Crippen LogP contribution is 2.44. The number of H-pyrrole nitrogens is 1. The number of halogens is 2. The van der Waals surface area contributed by atoms with Gasteiger partial charge < -0.3 is 10.3 Å². The molecule has 0 saturated carbocycles. The number of fused-ring (bicyclic) bond motifs is 2. The summed E-state index contributed by atoms with van der Waals surface area (Å²) in [5.74, 6) is -0.612. The average molecular weight is 384 g/mol. The molecular weight excluding hydrogens is 370 g/mol. The van der Waals surface area contributed by atoms with Crippen molar-refractivity contribution in [2.45, 2.75) is 22.3 Å². The predicted molar refractivity (Wildman–Crippen MR) is 98.3 cm³/mol. The summed E-state index contributed by atoms with van der Waals surface area (Å²) in [5.41, 5.74) is 0.302. The minimum Gasteiger partial charge on any atom is -0.341 e. The van der Waals surface area contributed by atoms with Crippen LogP contribution in [-0.4, -0.2) is 10.9 Å². The number of benzene rings is 2. The lowest BCUT2D eigenvalue weighted by Crippen LogP contribution is -2.34. The van der Waals surface area contributed by atoms with Crippen molar-refractivity contribution in [3.05, 3.63) is 93.4 Å². The van der Waals surface area contributed by atoms with E-state index in [1.54, 1.807) is 11.8 Å². The normalized spacial score (nSPS) is 13.1. The SMILES string of the molecule is O=C(NC1c2ccccc2Sc2ccccc21)c1ccc(C(F)F)[nH]c1=O. The summed E-state index contributed by atoms with van der Waals surface area (Å²) in [6, 6.07) is 17.2. The van der Waals surface area contributed by atoms with Crippen LogP contribution in [-0.2, 0) is 0 Å². The van der Waals surface area contributed by atoms with Gasteiger partial charge in [-0.05, 0) is 35.4 Å². The van der Waals surface area contributed by atoms with Gasteiger partial charge in [-0.3, -0.25) is 9.59 Å². The zero-order valence-electron chi connectivity index (χ0n) is 13.9. The van der Waals surface area contributed by atoms with Gasteiger partial charge >= 0.3 is 0 Å². The van der Waals surface area contributed by atoms with Gasteiger partial charge in [-0.25, -0.2) is 8.78 Å². The van der Waals surface area contributed by atoms with Gasteiger partial charge in [0.25, 0.3) is 17.9 Å². The molecule has 4 nitrogen and oxygen atoms in total. The summed E-state index contributed by atoms with van der Waals surface area (Å²) >= 11 is 1.61. The van der Waals surface area contributed by atoms with Crippen LogP contribution in [0.15, 0.2) is 75.2 Å². The number of nitrogens with one attached hydrogen (secondary N) is 2. The monoisotopic (exact) mass is 384 g/mol. The van der Waals surface area contributed by atoms with E-state index in [1.165, 1.54) is 0 Å². The second-order valence-electron chi connectivity index (χ2n) is 6.04. The van der Waals surface area contributed by atoms with Crippen molar-refractivity contribution in [1.82, 2.24) is 10.3 Å². The maximum absolute atomic E-state index is 12.7. The van der Waals surface area contributed by atoms with Gasteiger partial charge in [-0.2, -0.15) is 0 Å². The van der Waals surface area contributed by atoms with E-state index in [2.05, 4.69) is 10.3 Å². The van der Waals surface area contributed by atoms with Crippen LogP contribution in [0.1, 0.15) is 39.6 Å². The Bertz CT molecular complexity index is 1040. The first-order valence-corrected chi connectivity index (χ1v) is 9.04. The molecule has 0 aliphatic carbocycles. The van der Waals surface area contributed by atoms with E-state index in [0.717, 1.165) is 33.1 Å². The molecule has 136 valence electrons. The number of aromatic nitrogens is 1. The van der Waals surface area contributed by atoms with Crippen LogP contribution in [0.3, 0.4) is 0 Å². The first-order chi connectivity index (χ1) is 13.0. The molecule has 4 rings (SSSR count). The van der Waals surface area contributed by atoms with E-state index < -0.39 is 29.6 Å². The van der Waals surface area contributed by atoms with Gasteiger partial charge in [-0.1, -0.05) is 48.2 Å². The topological polar surface area (TPSA) is 62.0 Å². The van der Waals surface area contributed by atoms with Crippen molar-refractivity contribution in [3.63, 3.8) is 0 Å². The molecule has 0 fully saturated rings. The second kappa shape index (κ2) is 7.00. The molecule has 0 unspecified atom stereocenters. The first kappa shape index (κ1) is 17.5. The smallest absolute Gasteiger partial charge is 0.278 e. The molecule has 7 heteroatoms. The Labute approximate surface area is 157 Å². The molecule has 2 heterocycles. The number of pyridine rings is 1. The lowest BCUT2D eigenvalue weighted by molar-refractivity contribution is 0.0939. The molecule has 1 amide bonds. The number of carbonyl (C=O) groups excluding carboxylic acids is 1. The number of alkyl halides is 2. The largest absolute Gasteiger partial charge is 0.341 e. The third-order valence-corrected chi connectivity index (χ3v) is 5.55. The minimum atomic E-state index is -2.80. The molecule has 2 N–H and O–H groups in total. The zero-order valence-corrected chi connectivity index (χ0v) is 14.7. The van der Waals surface area contributed by atoms with E-state index in [0.29, 0.717) is 0 Å². The molecule has 3 aromatic rings. The van der Waals surface area contributed by atoms with Crippen molar-refractivity contribution < 1.29 is 13.6 Å². The van der Waals surface area contributed by atoms with E-state index in [-0.39, 0.29) is 5.56 Å². The van der Waals surface area contributed by atoms with Crippen molar-refractivity contribution in [3.8, 4) is 0 Å². The van der Waals surface area contributed by atoms with Crippen LogP contribution in [0.25, 0.3) is 0 Å². The molecular formula is C20H14F2N2O2S. The molecule has 2 aromatic carbocycles. The Morgan fingerprint density at radius 1 is 0.963 bits per heavy atom. The Morgan fingerprint density at radius 2 is 1.56 bits per heavy atom. The molecule has 0 saturated heterocycles. The Hall–Kier alpha value is -2.93. The van der Waals surface area contributed by atoms with Crippen molar-refractivity contribution in [2.24, 2.45) is 0 Å². The maximum Gasteiger partial charge on any atom is 0.278 e. The van der Waals surface area contributed by atoms with E-state index in [9.17, 15) is 18.4 Å². The fraction of sp³-hybridized carbons (Fsp3) is 0.100. The highest BCUT2D eigenvalue weighted by Gasteiger charge is 2.28. The Kier molecular flexibility index (Phi) is 4.53. The lowest BCUT2D eigenvalue weighted by Gasteiger charge is -2.28. The fourth-order valence-electron chi connectivity index (χ4n) is 3.07. The Morgan fingerprint density at radius 3 is 2.11 bits per heavy atom. The van der Waals surface area contributed by atoms with Gasteiger partial charge in [0.1, 0.15) is 5.56 Å². The predicted octanol–water partition coefficient (Wildman–Crippen LogP) is 4.30. The lowest BCUT2D eigenvalue weighted by atomic mass is 9.97. The maximum atomic E-state index is 12.7. The van der Waals surface area contributed by atoms with Crippen LogP contribution in [0.2, 0.25) is 0 Å². The van der Waals surface area contributed by atoms with Gasteiger partial charge in [0.15, 0.2) is 0 Å². The molecule has 0 spiro atoms. The highest BCUT2D eigenvalue weighted by molar-refractivity contribution is 7.99. The van der Waals surface area contributed by atoms with Gasteiger partial charge in [0, 0.05) is 9.79 Å². The molecule has 1 aliphatic heterocycles. The summed E-state index contributed by atoms with van der Waals surface area (Å²) in [5, 5.41) is 2.88. The number of hydrogen-bond donors (Lipinski definition) is 2. The minimum absolute atomic E-state index is 0.201. The van der Waals surface area contributed by atoms with Crippen LogP contribution >= 0.6 is 11.8 Å². The van der Waals surface area contributed by atoms with E-state index in [1.807, 2.05) is 48.5 Å². The molecule has 0 atom stereocenters. The average Bonchev–Trinajstić information content (AvgIpc) is 2.67. The molecule has 0 bridgehead atoms. The molecule has 1 aliphatic rings. The van der Waals surface area contributed by atoms with Crippen LogP contribution < -0.4 is 10.9 Å². The van der Waals surface area contributed by atoms with Gasteiger partial charge in [-0.15, -0.1) is 0 Å². The van der Waals surface area contributed by atoms with Crippen LogP contribution in [0, 0.1) is 0 Å². The summed E-state index contributed by atoms with van der Waals surface area (Å²) in [6.07, 6.45) is -2.80. The van der Waals surface area contributed by atoms with E-state index in [4.69, 9.17) is 0 Å². The number of amides is 1. The summed E-state index contributed by atoms with van der Waals surface area (Å²) < 4.78 is 25.4. The molecule has 1 aromatic heterocycles. The third-order valence-electron chi connectivity index (χ3n) is 4.37. The number of hydrogen-bond acceptors (Lipinski definition) is 3. The van der Waals surface area contributed by atoms with Gasteiger partial charge in [0.05, 0.1) is 11.7 Å². The van der Waals surface area contributed by atoms with Crippen molar-refractivity contribution in [1.29, 1.82) is 0 Å². The third kappa shape index (κ3) is 3.26. The van der Waals surface area contributed by atoms with E-state index >= 15 is 0 Å². The zero-order chi connectivity index (χ0) is 19.0. The quantitative estimate of drug-likeness (QED) is 0.708. The van der Waals surface area contributed by atoms with Crippen molar-refractivity contribution >= 4 is 17.7 Å². The van der Waals surface area contributed by atoms with Crippen LogP contribution in [0.4, 0.5) is 8.78 Å². The van der Waals surface area contributed by atoms with Crippen molar-refractivity contribution in [2.75, 3.05) is 0 Å². The summed E-state index contributed by atoms with van der Waals surface area (Å²) in [6.45, 7) is 0. The van der Waals surface area contributed by atoms with Gasteiger partial charge in [0.2, 0.25) is 0 Å². The first-order valence-electron chi connectivity index (χ1n) is 8.22. The summed E-state index contributed by atoms with van der Waals surface area (Å²) in [4.78, 5) is 28.9. The number of carbonyl (C=O) groups is 1. The van der Waals surface area contributed by atoms with Crippen LogP contribution in [0.5, 0.6) is 0 Å². The highest BCUT2D eigenvalue weighted by atomic mass is 32.2. The number of aromatic amines is 1. The molecule has 27 heavy (non-hydrogen) atoms. The molecule has 0 radical (unpaired) electrons. The number of rotatable bonds is 3. The second-order valence-corrected chi connectivity index (χ2v) is 7.13. The fourth-order valence-corrected chi connectivity index (χ4v) is 4.21. The summed E-state index contributed by atoms with van der Waals surface area (Å²) in [7, 11) is 0. The standard InChI is InChI=1S/C20H14F2N2O2S/c21-18(22)14-10-9-13(19(25)23-14)20(26)24-17-11-5-1-3-7-15(11)27-16-8-4-2-6-12(16)17/h1-10,17-18H,(H,23,25)(H,24,26).